The van der Waals surface area contributed by atoms with E-state index < -0.39 is 17.9 Å². The van der Waals surface area contributed by atoms with Gasteiger partial charge in [0, 0.05) is 10.6 Å². The molecular formula is C17H22ClN5O4S2. The van der Waals surface area contributed by atoms with Gasteiger partial charge in [-0.25, -0.2) is 4.98 Å². The van der Waals surface area contributed by atoms with Crippen LogP contribution in [-0.2, 0) is 19.2 Å². The Kier molecular flexibility index (Phi) is 7.73. The molecule has 1 aliphatic carbocycles. The maximum absolute atomic E-state index is 12.8. The summed E-state index contributed by atoms with van der Waals surface area (Å²) in [6, 6.07) is -0.634. The normalized spacial score (nSPS) is 22.4. The first-order chi connectivity index (χ1) is 14.0. The number of anilines is 1. The standard InChI is InChI=1S/C17H22ClN5O4S2/c1-27-23-12(10-8-28-17(19-10)20-11(24)7-18)14(25)21-13-15(26)22-16(13)29-9-5-3-2-4-6-9/h8-9,13,16H,2-7H2,1H3,(H,21,25)(H,22,26)(H,19,20,24)/t13-,16-/m1/s1. The van der Waals surface area contributed by atoms with Crippen molar-refractivity contribution in [2.75, 3.05) is 18.3 Å². The molecule has 1 saturated carbocycles. The molecule has 0 aromatic carbocycles. The summed E-state index contributed by atoms with van der Waals surface area (Å²) in [5.74, 6) is -1.40. The molecule has 12 heteroatoms. The van der Waals surface area contributed by atoms with Crippen LogP contribution in [0.3, 0.4) is 0 Å². The topological polar surface area (TPSA) is 122 Å². The Morgan fingerprint density at radius 1 is 1.41 bits per heavy atom. The summed E-state index contributed by atoms with van der Waals surface area (Å²) in [6.07, 6.45) is 5.92. The molecule has 29 heavy (non-hydrogen) atoms. The summed E-state index contributed by atoms with van der Waals surface area (Å²) in [5.41, 5.74) is 0.159. The smallest absolute Gasteiger partial charge is 0.276 e. The minimum Gasteiger partial charge on any atom is -0.398 e. The van der Waals surface area contributed by atoms with Gasteiger partial charge in [-0.1, -0.05) is 24.4 Å². The van der Waals surface area contributed by atoms with Crippen molar-refractivity contribution in [1.29, 1.82) is 0 Å². The first kappa shape index (κ1) is 21.8. The molecule has 1 saturated heterocycles. The second kappa shape index (κ2) is 10.3. The Morgan fingerprint density at radius 3 is 2.83 bits per heavy atom. The Morgan fingerprint density at radius 2 is 2.17 bits per heavy atom. The van der Waals surface area contributed by atoms with E-state index in [0.717, 1.165) is 24.2 Å². The highest BCUT2D eigenvalue weighted by atomic mass is 35.5. The summed E-state index contributed by atoms with van der Waals surface area (Å²) in [4.78, 5) is 45.1. The molecular weight excluding hydrogens is 438 g/mol. The number of thiazole rings is 1. The first-order valence-electron chi connectivity index (χ1n) is 9.21. The Labute approximate surface area is 181 Å². The molecule has 3 amide bonds. The number of aromatic nitrogens is 1. The maximum Gasteiger partial charge on any atom is 0.276 e. The summed E-state index contributed by atoms with van der Waals surface area (Å²) >= 11 is 8.30. The maximum atomic E-state index is 12.8. The van der Waals surface area contributed by atoms with E-state index in [-0.39, 0.29) is 33.7 Å². The van der Waals surface area contributed by atoms with Crippen molar-refractivity contribution in [1.82, 2.24) is 15.6 Å². The van der Waals surface area contributed by atoms with Crippen molar-refractivity contribution in [3.63, 3.8) is 0 Å². The predicted octanol–water partition coefficient (Wildman–Crippen LogP) is 1.68. The van der Waals surface area contributed by atoms with Gasteiger partial charge in [0.1, 0.15) is 30.1 Å². The van der Waals surface area contributed by atoms with Crippen LogP contribution in [0.4, 0.5) is 5.13 Å². The predicted molar refractivity (Wildman–Crippen MR) is 113 cm³/mol. The van der Waals surface area contributed by atoms with Crippen LogP contribution in [0.2, 0.25) is 0 Å². The molecule has 0 radical (unpaired) electrons. The van der Waals surface area contributed by atoms with Crippen LogP contribution < -0.4 is 16.0 Å². The van der Waals surface area contributed by atoms with Crippen LogP contribution in [0.1, 0.15) is 37.8 Å². The number of carbonyl (C=O) groups is 3. The van der Waals surface area contributed by atoms with E-state index >= 15 is 0 Å². The molecule has 3 rings (SSSR count). The number of hydrogen-bond donors (Lipinski definition) is 3. The lowest BCUT2D eigenvalue weighted by molar-refractivity contribution is -0.132. The third kappa shape index (κ3) is 5.61. The molecule has 158 valence electrons. The third-order valence-electron chi connectivity index (χ3n) is 4.56. The van der Waals surface area contributed by atoms with E-state index in [1.807, 2.05) is 0 Å². The Hall–Kier alpha value is -1.85. The number of amides is 3. The van der Waals surface area contributed by atoms with Gasteiger partial charge in [0.2, 0.25) is 11.8 Å². The van der Waals surface area contributed by atoms with E-state index in [2.05, 4.69) is 26.1 Å². The molecule has 1 aromatic rings. The van der Waals surface area contributed by atoms with Crippen LogP contribution in [0.15, 0.2) is 10.5 Å². The largest absolute Gasteiger partial charge is 0.398 e. The molecule has 2 fully saturated rings. The lowest BCUT2D eigenvalue weighted by Crippen LogP contribution is -2.68. The monoisotopic (exact) mass is 459 g/mol. The van der Waals surface area contributed by atoms with Crippen molar-refractivity contribution in [3.8, 4) is 0 Å². The molecule has 3 N–H and O–H groups in total. The van der Waals surface area contributed by atoms with Gasteiger partial charge in [-0.15, -0.1) is 34.7 Å². The fraction of sp³-hybridized carbons (Fsp3) is 0.588. The van der Waals surface area contributed by atoms with E-state index in [9.17, 15) is 14.4 Å². The minimum atomic E-state index is -0.634. The van der Waals surface area contributed by atoms with Gasteiger partial charge < -0.3 is 20.8 Å². The van der Waals surface area contributed by atoms with Crippen LogP contribution in [0.25, 0.3) is 0 Å². The van der Waals surface area contributed by atoms with Crippen molar-refractivity contribution >= 4 is 63.3 Å². The zero-order valence-corrected chi connectivity index (χ0v) is 18.2. The third-order valence-corrected chi connectivity index (χ3v) is 7.10. The highest BCUT2D eigenvalue weighted by Gasteiger charge is 2.43. The highest BCUT2D eigenvalue weighted by molar-refractivity contribution is 8.00. The average molecular weight is 460 g/mol. The van der Waals surface area contributed by atoms with Gasteiger partial charge in [0.15, 0.2) is 10.8 Å². The lowest BCUT2D eigenvalue weighted by atomic mass is 10.0. The van der Waals surface area contributed by atoms with E-state index in [1.54, 1.807) is 17.1 Å². The number of carbonyl (C=O) groups excluding carboxylic acids is 3. The minimum absolute atomic E-state index is 0.0729. The fourth-order valence-corrected chi connectivity index (χ4v) is 5.45. The van der Waals surface area contributed by atoms with Crippen LogP contribution in [0.5, 0.6) is 0 Å². The van der Waals surface area contributed by atoms with E-state index in [4.69, 9.17) is 16.4 Å². The van der Waals surface area contributed by atoms with Gasteiger partial charge in [-0.2, -0.15) is 0 Å². The molecule has 0 bridgehead atoms. The SMILES string of the molecule is CON=C(C(=O)N[C@@H]1C(=O)N[C@@H]1SC1CCCCC1)c1csc(NC(=O)CCl)n1. The molecule has 1 aliphatic heterocycles. The summed E-state index contributed by atoms with van der Waals surface area (Å²) in [5, 5.41) is 14.0. The van der Waals surface area contributed by atoms with Gasteiger partial charge in [0.25, 0.3) is 5.91 Å². The second-order valence-electron chi connectivity index (χ2n) is 6.62. The number of alkyl halides is 1. The quantitative estimate of drug-likeness (QED) is 0.235. The number of halogens is 1. The average Bonchev–Trinajstić information content (AvgIpc) is 3.18. The Balaban J connectivity index is 1.64. The molecule has 9 nitrogen and oxygen atoms in total. The molecule has 0 unspecified atom stereocenters. The summed E-state index contributed by atoms with van der Waals surface area (Å²) < 4.78 is 0. The van der Waals surface area contributed by atoms with Crippen molar-refractivity contribution in [3.05, 3.63) is 11.1 Å². The van der Waals surface area contributed by atoms with E-state index in [1.165, 1.54) is 26.4 Å². The molecule has 2 heterocycles. The molecule has 2 aliphatic rings. The number of β-lactam (4-membered cyclic amide) rings is 1. The van der Waals surface area contributed by atoms with Crippen molar-refractivity contribution < 1.29 is 19.2 Å². The van der Waals surface area contributed by atoms with E-state index in [0.29, 0.717) is 5.25 Å². The van der Waals surface area contributed by atoms with Crippen molar-refractivity contribution in [2.24, 2.45) is 5.16 Å². The van der Waals surface area contributed by atoms with Gasteiger partial charge >= 0.3 is 0 Å². The summed E-state index contributed by atoms with van der Waals surface area (Å²) in [7, 11) is 1.31. The fourth-order valence-electron chi connectivity index (χ4n) is 3.11. The first-order valence-corrected chi connectivity index (χ1v) is 11.6. The van der Waals surface area contributed by atoms with Gasteiger partial charge in [-0.05, 0) is 12.8 Å². The number of thioether (sulfide) groups is 1. The van der Waals surface area contributed by atoms with Gasteiger partial charge in [-0.3, -0.25) is 14.4 Å². The van der Waals surface area contributed by atoms with Crippen molar-refractivity contribution in [2.45, 2.75) is 48.8 Å². The number of oxime groups is 1. The number of hydrogen-bond acceptors (Lipinski definition) is 8. The molecule has 1 aromatic heterocycles. The number of rotatable bonds is 8. The zero-order valence-electron chi connectivity index (χ0n) is 15.8. The van der Waals surface area contributed by atoms with Crippen LogP contribution in [0, 0.1) is 0 Å². The lowest BCUT2D eigenvalue weighted by Gasteiger charge is -2.39. The number of nitrogens with one attached hydrogen (secondary N) is 3. The Bertz CT molecular complexity index is 797. The summed E-state index contributed by atoms with van der Waals surface area (Å²) in [6.45, 7) is 0. The van der Waals surface area contributed by atoms with Crippen LogP contribution >= 0.6 is 34.7 Å². The second-order valence-corrected chi connectivity index (χ2v) is 9.19. The van der Waals surface area contributed by atoms with Crippen LogP contribution in [-0.4, -0.2) is 58.1 Å². The highest BCUT2D eigenvalue weighted by Crippen LogP contribution is 2.33. The number of nitrogens with zero attached hydrogens (tertiary/aromatic N) is 2. The van der Waals surface area contributed by atoms with Gasteiger partial charge in [0.05, 0.1) is 0 Å². The molecule has 0 spiro atoms. The zero-order chi connectivity index (χ0) is 20.8. The molecule has 2 atom stereocenters.